The molecule has 2 saturated heterocycles. The number of amides is 6. The summed E-state index contributed by atoms with van der Waals surface area (Å²) in [6, 6.07) is -4.43. The van der Waals surface area contributed by atoms with Crippen LogP contribution in [0, 0.1) is 33.0 Å². The summed E-state index contributed by atoms with van der Waals surface area (Å²) < 4.78 is 0. The number of likely N-dealkylation sites (tertiary alicyclic amines) is 1. The van der Waals surface area contributed by atoms with Crippen molar-refractivity contribution in [2.24, 2.45) is 38.7 Å². The molecule has 2 spiro atoms. The third-order valence-electron chi connectivity index (χ3n) is 13.3. The highest BCUT2D eigenvalue weighted by Gasteiger charge is 2.85. The maximum Gasteiger partial charge on any atom is 0.316 e. The number of Topliss-reactive ketones (excluding diaryl/α,β-unsaturated/α-hetero) is 1. The molecule has 6 amide bonds. The summed E-state index contributed by atoms with van der Waals surface area (Å²) in [7, 11) is 0. The summed E-state index contributed by atoms with van der Waals surface area (Å²) in [6.07, 6.45) is 6.80. The monoisotopic (exact) mass is 699 g/mol. The van der Waals surface area contributed by atoms with E-state index in [4.69, 9.17) is 5.73 Å². The lowest BCUT2D eigenvalue weighted by Crippen LogP contribution is -2.63. The van der Waals surface area contributed by atoms with E-state index in [-0.39, 0.29) is 34.0 Å². The molecule has 0 bridgehead atoms. The Bertz CT molecular complexity index is 1380. The van der Waals surface area contributed by atoms with Gasteiger partial charge in [0.1, 0.15) is 18.1 Å². The summed E-state index contributed by atoms with van der Waals surface area (Å²) in [4.78, 5) is 84.7. The van der Waals surface area contributed by atoms with Crippen molar-refractivity contribution in [1.29, 1.82) is 0 Å². The number of urea groups is 1. The number of nitrogens with two attached hydrogens (primary N) is 1. The van der Waals surface area contributed by atoms with Gasteiger partial charge in [-0.05, 0) is 53.3 Å². The first-order valence-corrected chi connectivity index (χ1v) is 18.7. The van der Waals surface area contributed by atoms with Crippen molar-refractivity contribution in [3.8, 4) is 0 Å². The third-order valence-corrected chi connectivity index (χ3v) is 13.3. The van der Waals surface area contributed by atoms with Gasteiger partial charge in [0.05, 0.1) is 6.04 Å². The zero-order valence-corrected chi connectivity index (χ0v) is 31.5. The second kappa shape index (κ2) is 13.4. The molecule has 13 nitrogen and oxygen atoms in total. The summed E-state index contributed by atoms with van der Waals surface area (Å²) in [5, 5.41) is 11.9. The van der Waals surface area contributed by atoms with E-state index >= 15 is 0 Å². The van der Waals surface area contributed by atoms with Crippen LogP contribution in [0.15, 0.2) is 0 Å². The van der Waals surface area contributed by atoms with Crippen LogP contribution >= 0.6 is 0 Å². The van der Waals surface area contributed by atoms with E-state index in [2.05, 4.69) is 35.1 Å². The van der Waals surface area contributed by atoms with Gasteiger partial charge in [0.25, 0.3) is 5.91 Å². The average molecular weight is 700 g/mol. The number of carbonyl (C=O) groups is 6. The first-order chi connectivity index (χ1) is 23.2. The number of nitrogens with zero attached hydrogens (tertiary/aromatic N) is 2. The summed E-state index contributed by atoms with van der Waals surface area (Å²) in [5.41, 5.74) is 3.68. The van der Waals surface area contributed by atoms with Crippen molar-refractivity contribution in [3.05, 3.63) is 0 Å². The fourth-order valence-corrected chi connectivity index (χ4v) is 9.63. The molecule has 0 radical (unpaired) electrons. The number of primary amides is 1. The quantitative estimate of drug-likeness (QED) is 0.216. The Balaban J connectivity index is 1.40. The highest BCUT2D eigenvalue weighted by molar-refractivity contribution is 6.37. The van der Waals surface area contributed by atoms with Gasteiger partial charge in [-0.15, -0.1) is 0 Å². The van der Waals surface area contributed by atoms with E-state index in [1.807, 2.05) is 41.5 Å². The van der Waals surface area contributed by atoms with Gasteiger partial charge in [0, 0.05) is 38.1 Å². The SMILES string of the molecule is CC(C)(C)[C@H](NC(=O)N[C@H](C(=O)N1C[C@]2(C[C@H]1C(=O)NC(CC1CCC1)C(=O)C(N)=O)C(C)(C)C21CCC1)C(C)(C)C)C(=O)N1CCNCC1. The number of hydrogen-bond acceptors (Lipinski definition) is 7. The third kappa shape index (κ3) is 6.63. The molecule has 2 aliphatic heterocycles. The van der Waals surface area contributed by atoms with Crippen LogP contribution in [0.2, 0.25) is 0 Å². The molecule has 13 heteroatoms. The highest BCUT2D eigenvalue weighted by Crippen LogP contribution is 2.88. The van der Waals surface area contributed by atoms with Gasteiger partial charge in [-0.1, -0.05) is 81.1 Å². The fraction of sp³-hybridized carbons (Fsp3) is 0.838. The lowest BCUT2D eigenvalue weighted by atomic mass is 9.73. The predicted molar refractivity (Wildman–Crippen MR) is 188 cm³/mol. The van der Waals surface area contributed by atoms with Gasteiger partial charge in [-0.3, -0.25) is 24.0 Å². The number of fused-ring (bicyclic) bond motifs is 1. The molecule has 5 fully saturated rings. The van der Waals surface area contributed by atoms with Crippen molar-refractivity contribution in [3.63, 3.8) is 0 Å². The second-order valence-corrected chi connectivity index (χ2v) is 18.4. The molecule has 280 valence electrons. The number of ketones is 1. The Labute approximate surface area is 297 Å². The van der Waals surface area contributed by atoms with E-state index < -0.39 is 58.6 Å². The normalized spacial score (nSPS) is 27.4. The first kappa shape index (κ1) is 38.0. The predicted octanol–water partition coefficient (Wildman–Crippen LogP) is 2.07. The van der Waals surface area contributed by atoms with E-state index in [0.717, 1.165) is 38.5 Å². The molecule has 3 saturated carbocycles. The molecule has 5 rings (SSSR count). The molecule has 0 aromatic rings. The Morgan fingerprint density at radius 2 is 1.38 bits per heavy atom. The molecule has 5 aliphatic rings. The van der Waals surface area contributed by atoms with E-state index in [0.29, 0.717) is 45.6 Å². The Hall–Kier alpha value is -3.22. The maximum atomic E-state index is 14.8. The van der Waals surface area contributed by atoms with Crippen molar-refractivity contribution >= 4 is 35.4 Å². The standard InChI is InChI=1S/C37H61N7O6/c1-33(2,3)26(30(48)43-17-15-39-16-18-43)41-32(50)42-27(34(4,5)6)31(49)44-21-37(35(7,8)36(37)13-10-14-36)20-24(44)29(47)40-23(25(45)28(38)46)19-22-11-9-12-22/h22-24,26-27,39H,9-21H2,1-8H3,(H2,38,46)(H,40,47)(H2,41,42,50)/t23?,24-,26+,27+,37+/m0/s1. The lowest BCUT2D eigenvalue weighted by Gasteiger charge is -2.38. The van der Waals surface area contributed by atoms with Crippen LogP contribution in [0.1, 0.15) is 107 Å². The molecule has 3 aliphatic carbocycles. The molecule has 0 aromatic carbocycles. The van der Waals surface area contributed by atoms with Gasteiger partial charge in [0.2, 0.25) is 23.5 Å². The number of carbonyl (C=O) groups excluding carboxylic acids is 6. The van der Waals surface area contributed by atoms with Crippen molar-refractivity contribution in [2.75, 3.05) is 32.7 Å². The van der Waals surface area contributed by atoms with Gasteiger partial charge in [-0.2, -0.15) is 0 Å². The van der Waals surface area contributed by atoms with Crippen LogP contribution in [0.4, 0.5) is 4.79 Å². The van der Waals surface area contributed by atoms with E-state index in [1.165, 1.54) is 0 Å². The minimum atomic E-state index is -1.09. The molecular formula is C37H61N7O6. The fourth-order valence-electron chi connectivity index (χ4n) is 9.63. The van der Waals surface area contributed by atoms with Crippen molar-refractivity contribution in [2.45, 2.75) is 131 Å². The zero-order chi connectivity index (χ0) is 37.0. The topological polar surface area (TPSA) is 183 Å². The second-order valence-electron chi connectivity index (χ2n) is 18.4. The van der Waals surface area contributed by atoms with Crippen LogP contribution < -0.4 is 27.0 Å². The van der Waals surface area contributed by atoms with Crippen LogP contribution in [0.25, 0.3) is 0 Å². The molecular weight excluding hydrogens is 638 g/mol. The number of hydrogen-bond donors (Lipinski definition) is 5. The van der Waals surface area contributed by atoms with Gasteiger partial charge in [-0.25, -0.2) is 4.79 Å². The van der Waals surface area contributed by atoms with Crippen LogP contribution in [-0.4, -0.2) is 102 Å². The first-order valence-electron chi connectivity index (χ1n) is 18.7. The van der Waals surface area contributed by atoms with Crippen molar-refractivity contribution < 1.29 is 28.8 Å². The van der Waals surface area contributed by atoms with Crippen molar-refractivity contribution in [1.82, 2.24) is 31.1 Å². The Kier molecular flexibility index (Phi) is 10.2. The van der Waals surface area contributed by atoms with E-state index in [1.54, 1.807) is 9.80 Å². The number of nitrogens with one attached hydrogen (secondary N) is 4. The maximum absolute atomic E-state index is 14.8. The zero-order valence-electron chi connectivity index (χ0n) is 31.5. The Morgan fingerprint density at radius 1 is 0.820 bits per heavy atom. The van der Waals surface area contributed by atoms with Gasteiger partial charge in [0.15, 0.2) is 0 Å². The number of rotatable bonds is 10. The average Bonchev–Trinajstić information content (AvgIpc) is 3.21. The van der Waals surface area contributed by atoms with Gasteiger partial charge >= 0.3 is 6.03 Å². The molecule has 0 aromatic heterocycles. The van der Waals surface area contributed by atoms with Crippen LogP contribution in [0.3, 0.4) is 0 Å². The minimum Gasteiger partial charge on any atom is -0.363 e. The van der Waals surface area contributed by atoms with Crippen LogP contribution in [-0.2, 0) is 24.0 Å². The largest absolute Gasteiger partial charge is 0.363 e. The summed E-state index contributed by atoms with van der Waals surface area (Å²) in [5.74, 6) is -2.73. The van der Waals surface area contributed by atoms with Gasteiger partial charge < -0.3 is 36.8 Å². The molecule has 1 unspecified atom stereocenters. The Morgan fingerprint density at radius 3 is 1.82 bits per heavy atom. The lowest BCUT2D eigenvalue weighted by molar-refractivity contribution is -0.143. The summed E-state index contributed by atoms with van der Waals surface area (Å²) in [6.45, 7) is 18.5. The molecule has 5 atom stereocenters. The molecule has 50 heavy (non-hydrogen) atoms. The molecule has 2 heterocycles. The number of piperazine rings is 1. The highest BCUT2D eigenvalue weighted by atomic mass is 16.2. The smallest absolute Gasteiger partial charge is 0.316 e. The van der Waals surface area contributed by atoms with Crippen LogP contribution in [0.5, 0.6) is 0 Å². The minimum absolute atomic E-state index is 0.0221. The molecule has 6 N–H and O–H groups in total. The summed E-state index contributed by atoms with van der Waals surface area (Å²) >= 11 is 0. The van der Waals surface area contributed by atoms with E-state index in [9.17, 15) is 28.8 Å².